The van der Waals surface area contributed by atoms with Crippen molar-refractivity contribution in [3.8, 4) is 0 Å². The molecule has 1 aromatic carbocycles. The quantitative estimate of drug-likeness (QED) is 0.759. The molecule has 2 rings (SSSR count). The summed E-state index contributed by atoms with van der Waals surface area (Å²) in [5.74, 6) is 0. The summed E-state index contributed by atoms with van der Waals surface area (Å²) in [6, 6.07) is 10.3. The van der Waals surface area contributed by atoms with Crippen LogP contribution in [-0.2, 0) is 0 Å². The zero-order valence-electron chi connectivity index (χ0n) is 9.94. The van der Waals surface area contributed by atoms with Crippen LogP contribution in [0.3, 0.4) is 0 Å². The van der Waals surface area contributed by atoms with Crippen LogP contribution in [0.25, 0.3) is 17.0 Å². The van der Waals surface area contributed by atoms with Gasteiger partial charge in [0.1, 0.15) is 0 Å². The molecular formula is C14H16N2. The van der Waals surface area contributed by atoms with Crippen molar-refractivity contribution >= 4 is 22.7 Å². The summed E-state index contributed by atoms with van der Waals surface area (Å²) in [6.07, 6.45) is 4.04. The molecule has 0 radical (unpaired) electrons. The predicted octanol–water partition coefficient (Wildman–Crippen LogP) is 3.33. The van der Waals surface area contributed by atoms with Crippen LogP contribution in [0.5, 0.6) is 0 Å². The SMILES string of the molecule is CC=Cc1cc(N(C)C)c2ccccc2n1. The number of nitrogens with zero attached hydrogens (tertiary/aromatic N) is 2. The van der Waals surface area contributed by atoms with E-state index in [1.807, 2.05) is 31.2 Å². The third-order valence-electron chi connectivity index (χ3n) is 2.53. The first-order chi connectivity index (χ1) is 7.72. The number of hydrogen-bond acceptors (Lipinski definition) is 2. The Kier molecular flexibility index (Phi) is 2.91. The molecule has 2 aromatic rings. The van der Waals surface area contributed by atoms with Crippen LogP contribution in [0.4, 0.5) is 5.69 Å². The Labute approximate surface area is 96.2 Å². The summed E-state index contributed by atoms with van der Waals surface area (Å²) in [5, 5.41) is 1.20. The van der Waals surface area contributed by atoms with E-state index >= 15 is 0 Å². The highest BCUT2D eigenvalue weighted by atomic mass is 15.1. The highest BCUT2D eigenvalue weighted by Crippen LogP contribution is 2.25. The van der Waals surface area contributed by atoms with Crippen LogP contribution in [0.2, 0.25) is 0 Å². The number of hydrogen-bond donors (Lipinski definition) is 0. The number of fused-ring (bicyclic) bond motifs is 1. The molecule has 0 atom stereocenters. The average molecular weight is 212 g/mol. The third-order valence-corrected chi connectivity index (χ3v) is 2.53. The van der Waals surface area contributed by atoms with Gasteiger partial charge in [-0.25, -0.2) is 4.98 Å². The maximum atomic E-state index is 4.59. The van der Waals surface area contributed by atoms with Gasteiger partial charge in [0, 0.05) is 25.2 Å². The first-order valence-electron chi connectivity index (χ1n) is 5.42. The van der Waals surface area contributed by atoms with E-state index in [1.54, 1.807) is 0 Å². The summed E-state index contributed by atoms with van der Waals surface area (Å²) in [5.41, 5.74) is 3.26. The van der Waals surface area contributed by atoms with Crippen LogP contribution in [0.1, 0.15) is 12.6 Å². The Hall–Kier alpha value is -1.83. The smallest absolute Gasteiger partial charge is 0.0730 e. The second kappa shape index (κ2) is 4.35. The fourth-order valence-corrected chi connectivity index (χ4v) is 1.80. The van der Waals surface area contributed by atoms with Gasteiger partial charge in [-0.1, -0.05) is 24.3 Å². The largest absolute Gasteiger partial charge is 0.377 e. The molecule has 0 aliphatic rings. The van der Waals surface area contributed by atoms with Crippen molar-refractivity contribution in [2.75, 3.05) is 19.0 Å². The van der Waals surface area contributed by atoms with Gasteiger partial charge in [0.05, 0.1) is 11.2 Å². The summed E-state index contributed by atoms with van der Waals surface area (Å²) in [6.45, 7) is 2.01. The maximum Gasteiger partial charge on any atom is 0.0730 e. The van der Waals surface area contributed by atoms with Gasteiger partial charge in [0.25, 0.3) is 0 Å². The number of pyridine rings is 1. The van der Waals surface area contributed by atoms with Gasteiger partial charge in [-0.15, -0.1) is 0 Å². The number of para-hydroxylation sites is 1. The minimum atomic E-state index is 1.00. The van der Waals surface area contributed by atoms with E-state index in [-0.39, 0.29) is 0 Å². The molecule has 0 fully saturated rings. The lowest BCUT2D eigenvalue weighted by Crippen LogP contribution is -2.09. The number of rotatable bonds is 2. The molecule has 0 aliphatic heterocycles. The molecule has 0 amide bonds. The lowest BCUT2D eigenvalue weighted by atomic mass is 10.1. The Balaban J connectivity index is 2.73. The van der Waals surface area contributed by atoms with E-state index in [0.29, 0.717) is 0 Å². The van der Waals surface area contributed by atoms with Crippen molar-refractivity contribution in [3.63, 3.8) is 0 Å². The zero-order valence-corrected chi connectivity index (χ0v) is 9.94. The van der Waals surface area contributed by atoms with Crippen LogP contribution in [0, 0.1) is 0 Å². The Morgan fingerprint density at radius 1 is 1.19 bits per heavy atom. The summed E-state index contributed by atoms with van der Waals surface area (Å²) >= 11 is 0. The Morgan fingerprint density at radius 3 is 2.62 bits per heavy atom. The van der Waals surface area contributed by atoms with Gasteiger partial charge in [-0.05, 0) is 25.1 Å². The normalized spacial score (nSPS) is 11.2. The van der Waals surface area contributed by atoms with Crippen molar-refractivity contribution in [2.24, 2.45) is 0 Å². The van der Waals surface area contributed by atoms with Gasteiger partial charge in [-0.2, -0.15) is 0 Å². The lowest BCUT2D eigenvalue weighted by Gasteiger charge is -2.15. The molecule has 2 nitrogen and oxygen atoms in total. The average Bonchev–Trinajstić information content (AvgIpc) is 2.28. The minimum absolute atomic E-state index is 1.00. The number of anilines is 1. The van der Waals surface area contributed by atoms with Crippen molar-refractivity contribution in [2.45, 2.75) is 6.92 Å². The van der Waals surface area contributed by atoms with Crippen LogP contribution < -0.4 is 4.90 Å². The van der Waals surface area contributed by atoms with E-state index in [9.17, 15) is 0 Å². The van der Waals surface area contributed by atoms with E-state index in [0.717, 1.165) is 11.2 Å². The minimum Gasteiger partial charge on any atom is -0.377 e. The fourth-order valence-electron chi connectivity index (χ4n) is 1.80. The summed E-state index contributed by atoms with van der Waals surface area (Å²) in [4.78, 5) is 6.72. The molecule has 0 aliphatic carbocycles. The Morgan fingerprint density at radius 2 is 1.94 bits per heavy atom. The van der Waals surface area contributed by atoms with Gasteiger partial charge in [0.2, 0.25) is 0 Å². The number of aromatic nitrogens is 1. The third kappa shape index (κ3) is 1.91. The van der Waals surface area contributed by atoms with Crippen molar-refractivity contribution in [1.82, 2.24) is 4.98 Å². The molecule has 16 heavy (non-hydrogen) atoms. The molecule has 1 heterocycles. The highest BCUT2D eigenvalue weighted by molar-refractivity contribution is 5.92. The predicted molar refractivity (Wildman–Crippen MR) is 70.8 cm³/mol. The molecule has 0 saturated heterocycles. The number of benzene rings is 1. The molecule has 0 saturated carbocycles. The molecule has 2 heteroatoms. The summed E-state index contributed by atoms with van der Waals surface area (Å²) in [7, 11) is 4.11. The lowest BCUT2D eigenvalue weighted by molar-refractivity contribution is 1.13. The molecule has 0 unspecified atom stereocenters. The van der Waals surface area contributed by atoms with Crippen molar-refractivity contribution < 1.29 is 0 Å². The molecule has 0 bridgehead atoms. The van der Waals surface area contributed by atoms with Gasteiger partial charge in [-0.3, -0.25) is 0 Å². The molecule has 82 valence electrons. The topological polar surface area (TPSA) is 16.1 Å². The van der Waals surface area contributed by atoms with Crippen molar-refractivity contribution in [1.29, 1.82) is 0 Å². The van der Waals surface area contributed by atoms with E-state index < -0.39 is 0 Å². The van der Waals surface area contributed by atoms with Gasteiger partial charge >= 0.3 is 0 Å². The fraction of sp³-hybridized carbons (Fsp3) is 0.214. The van der Waals surface area contributed by atoms with Crippen molar-refractivity contribution in [3.05, 3.63) is 42.1 Å². The van der Waals surface area contributed by atoms with Crippen LogP contribution in [0.15, 0.2) is 36.4 Å². The second-order valence-corrected chi connectivity index (χ2v) is 3.98. The number of allylic oxidation sites excluding steroid dienone is 1. The standard InChI is InChI=1S/C14H16N2/c1-4-7-11-10-14(16(2)3)12-8-5-6-9-13(12)15-11/h4-10H,1-3H3. The molecule has 0 spiro atoms. The van der Waals surface area contributed by atoms with E-state index in [1.165, 1.54) is 11.1 Å². The van der Waals surface area contributed by atoms with Crippen LogP contribution >= 0.6 is 0 Å². The zero-order chi connectivity index (χ0) is 11.5. The van der Waals surface area contributed by atoms with Crippen LogP contribution in [-0.4, -0.2) is 19.1 Å². The monoisotopic (exact) mass is 212 g/mol. The second-order valence-electron chi connectivity index (χ2n) is 3.98. The van der Waals surface area contributed by atoms with E-state index in [4.69, 9.17) is 0 Å². The maximum absolute atomic E-state index is 4.59. The molecule has 1 aromatic heterocycles. The highest BCUT2D eigenvalue weighted by Gasteiger charge is 2.05. The molecular weight excluding hydrogens is 196 g/mol. The Bertz CT molecular complexity index is 527. The molecule has 0 N–H and O–H groups in total. The van der Waals surface area contributed by atoms with E-state index in [2.05, 4.69) is 42.2 Å². The van der Waals surface area contributed by atoms with Gasteiger partial charge in [0.15, 0.2) is 0 Å². The summed E-state index contributed by atoms with van der Waals surface area (Å²) < 4.78 is 0. The van der Waals surface area contributed by atoms with Gasteiger partial charge < -0.3 is 4.90 Å². The first kappa shape index (κ1) is 10.7. The first-order valence-corrected chi connectivity index (χ1v) is 5.42.